The second-order valence-corrected chi connectivity index (χ2v) is 6.55. The number of rotatable bonds is 2. The summed E-state index contributed by atoms with van der Waals surface area (Å²) in [6.45, 7) is 3.26. The molecular formula is C19H17N5O3. The molecular weight excluding hydrogens is 346 g/mol. The van der Waals surface area contributed by atoms with Gasteiger partial charge in [0.05, 0.1) is 18.8 Å². The molecule has 5 rings (SSSR count). The third-order valence-electron chi connectivity index (χ3n) is 4.73. The summed E-state index contributed by atoms with van der Waals surface area (Å²) < 4.78 is 13.3. The first-order valence-corrected chi connectivity index (χ1v) is 8.76. The normalized spacial score (nSPS) is 17.7. The highest BCUT2D eigenvalue weighted by Gasteiger charge is 2.29. The highest BCUT2D eigenvalue weighted by Crippen LogP contribution is 2.25. The van der Waals surface area contributed by atoms with E-state index in [2.05, 4.69) is 15.1 Å². The molecule has 136 valence electrons. The van der Waals surface area contributed by atoms with E-state index in [1.54, 1.807) is 15.5 Å². The van der Waals surface area contributed by atoms with Crippen molar-refractivity contribution in [1.82, 2.24) is 24.5 Å². The maximum absolute atomic E-state index is 13.0. The number of nitrogens with zero attached hydrogens (tertiary/aromatic N) is 5. The molecule has 4 aromatic rings. The summed E-state index contributed by atoms with van der Waals surface area (Å²) in [4.78, 5) is 23.2. The molecule has 1 aromatic carbocycles. The fourth-order valence-corrected chi connectivity index (χ4v) is 3.44. The summed E-state index contributed by atoms with van der Waals surface area (Å²) in [5.74, 6) is 0.725. The zero-order valence-corrected chi connectivity index (χ0v) is 14.7. The number of para-hydroxylation sites is 1. The number of furan rings is 1. The van der Waals surface area contributed by atoms with Crippen molar-refractivity contribution < 1.29 is 13.9 Å². The van der Waals surface area contributed by atoms with Crippen LogP contribution in [0.4, 0.5) is 0 Å². The molecule has 1 unspecified atom stereocenters. The van der Waals surface area contributed by atoms with Crippen molar-refractivity contribution >= 4 is 22.7 Å². The largest absolute Gasteiger partial charge is 0.451 e. The van der Waals surface area contributed by atoms with E-state index in [9.17, 15) is 4.79 Å². The zero-order valence-electron chi connectivity index (χ0n) is 14.7. The summed E-state index contributed by atoms with van der Waals surface area (Å²) in [6, 6.07) is 11.3. The number of benzene rings is 1. The van der Waals surface area contributed by atoms with Gasteiger partial charge in [-0.3, -0.25) is 4.79 Å². The zero-order chi connectivity index (χ0) is 18.4. The van der Waals surface area contributed by atoms with Gasteiger partial charge in [0.1, 0.15) is 18.0 Å². The van der Waals surface area contributed by atoms with Crippen molar-refractivity contribution in [2.24, 2.45) is 0 Å². The SMILES string of the molecule is Cc1cc(C2CN(C(=O)c3cc4ccccc4o3)CCO2)n2ncnc2n1. The number of hydrogen-bond acceptors (Lipinski definition) is 6. The number of amides is 1. The fourth-order valence-electron chi connectivity index (χ4n) is 3.44. The average Bonchev–Trinajstić information content (AvgIpc) is 3.33. The third kappa shape index (κ3) is 2.74. The number of carbonyl (C=O) groups is 1. The molecule has 1 amide bonds. The third-order valence-corrected chi connectivity index (χ3v) is 4.73. The van der Waals surface area contributed by atoms with Crippen LogP contribution in [0.5, 0.6) is 0 Å². The van der Waals surface area contributed by atoms with E-state index in [0.29, 0.717) is 36.8 Å². The summed E-state index contributed by atoms with van der Waals surface area (Å²) >= 11 is 0. The standard InChI is InChI=1S/C19H17N5O3/c1-12-8-14(24-19(22-12)20-11-21-24)17-10-23(6-7-26-17)18(25)16-9-13-4-2-3-5-15(13)27-16/h2-5,8-9,11,17H,6-7,10H2,1H3. The van der Waals surface area contributed by atoms with E-state index in [1.807, 2.05) is 37.3 Å². The molecule has 0 saturated carbocycles. The van der Waals surface area contributed by atoms with Gasteiger partial charge < -0.3 is 14.1 Å². The summed E-state index contributed by atoms with van der Waals surface area (Å²) in [5.41, 5.74) is 2.37. The molecule has 1 atom stereocenters. The van der Waals surface area contributed by atoms with Crippen molar-refractivity contribution in [3.05, 3.63) is 59.9 Å². The minimum Gasteiger partial charge on any atom is -0.451 e. The monoisotopic (exact) mass is 363 g/mol. The summed E-state index contributed by atoms with van der Waals surface area (Å²) in [7, 11) is 0. The Kier molecular flexibility index (Phi) is 3.64. The smallest absolute Gasteiger partial charge is 0.289 e. The van der Waals surface area contributed by atoms with Crippen molar-refractivity contribution in [3.8, 4) is 0 Å². The maximum atomic E-state index is 13.0. The molecule has 0 aliphatic carbocycles. The van der Waals surface area contributed by atoms with E-state index < -0.39 is 0 Å². The first-order valence-electron chi connectivity index (χ1n) is 8.76. The van der Waals surface area contributed by atoms with E-state index in [1.165, 1.54) is 6.33 Å². The first kappa shape index (κ1) is 16.0. The molecule has 1 aliphatic rings. The molecule has 27 heavy (non-hydrogen) atoms. The lowest BCUT2D eigenvalue weighted by molar-refractivity contribution is -0.0265. The minimum absolute atomic E-state index is 0.139. The second-order valence-electron chi connectivity index (χ2n) is 6.55. The molecule has 3 aromatic heterocycles. The lowest BCUT2D eigenvalue weighted by Crippen LogP contribution is -2.42. The topological polar surface area (TPSA) is 85.8 Å². The van der Waals surface area contributed by atoms with E-state index >= 15 is 0 Å². The Balaban J connectivity index is 1.45. The Morgan fingerprint density at radius 3 is 3.04 bits per heavy atom. The molecule has 0 spiro atoms. The highest BCUT2D eigenvalue weighted by atomic mass is 16.5. The van der Waals surface area contributed by atoms with Gasteiger partial charge in [0.2, 0.25) is 0 Å². The number of morpholine rings is 1. The number of aromatic nitrogens is 4. The van der Waals surface area contributed by atoms with Gasteiger partial charge in [-0.15, -0.1) is 0 Å². The van der Waals surface area contributed by atoms with Gasteiger partial charge in [-0.2, -0.15) is 14.6 Å². The van der Waals surface area contributed by atoms with E-state index in [0.717, 1.165) is 16.8 Å². The molecule has 8 nitrogen and oxygen atoms in total. The van der Waals surface area contributed by atoms with Gasteiger partial charge in [0.25, 0.3) is 11.7 Å². The molecule has 1 aliphatic heterocycles. The average molecular weight is 363 g/mol. The van der Waals surface area contributed by atoms with Crippen LogP contribution in [-0.2, 0) is 4.74 Å². The molecule has 1 saturated heterocycles. The van der Waals surface area contributed by atoms with Crippen molar-refractivity contribution in [2.75, 3.05) is 19.7 Å². The van der Waals surface area contributed by atoms with Crippen molar-refractivity contribution in [2.45, 2.75) is 13.0 Å². The van der Waals surface area contributed by atoms with Gasteiger partial charge in [0.15, 0.2) is 5.76 Å². The number of ether oxygens (including phenoxy) is 1. The first-order chi connectivity index (χ1) is 13.2. The van der Waals surface area contributed by atoms with Crippen LogP contribution in [0.2, 0.25) is 0 Å². The van der Waals surface area contributed by atoms with Crippen LogP contribution in [0.15, 0.2) is 47.1 Å². The van der Waals surface area contributed by atoms with Gasteiger partial charge in [-0.1, -0.05) is 18.2 Å². The van der Waals surface area contributed by atoms with Gasteiger partial charge in [-0.05, 0) is 25.1 Å². The van der Waals surface area contributed by atoms with Gasteiger partial charge in [0, 0.05) is 17.6 Å². The van der Waals surface area contributed by atoms with Gasteiger partial charge >= 0.3 is 0 Å². The summed E-state index contributed by atoms with van der Waals surface area (Å²) in [5, 5.41) is 5.15. The number of fused-ring (bicyclic) bond motifs is 2. The fraction of sp³-hybridized carbons (Fsp3) is 0.263. The molecule has 0 N–H and O–H groups in total. The predicted molar refractivity (Wildman–Crippen MR) is 96.3 cm³/mol. The number of hydrogen-bond donors (Lipinski definition) is 0. The molecule has 1 fully saturated rings. The molecule has 8 heteroatoms. The summed E-state index contributed by atoms with van der Waals surface area (Å²) in [6.07, 6.45) is 1.16. The number of carbonyl (C=O) groups excluding carboxylic acids is 1. The van der Waals surface area contributed by atoms with Crippen LogP contribution in [0, 0.1) is 6.92 Å². The Labute approximate surface area is 154 Å². The minimum atomic E-state index is -0.307. The van der Waals surface area contributed by atoms with E-state index in [-0.39, 0.29) is 12.0 Å². The maximum Gasteiger partial charge on any atom is 0.289 e. The second kappa shape index (κ2) is 6.17. The van der Waals surface area contributed by atoms with E-state index in [4.69, 9.17) is 9.15 Å². The van der Waals surface area contributed by atoms with Crippen LogP contribution >= 0.6 is 0 Å². The quantitative estimate of drug-likeness (QED) is 0.544. The lowest BCUT2D eigenvalue weighted by atomic mass is 10.1. The van der Waals surface area contributed by atoms with Gasteiger partial charge in [-0.25, -0.2) is 4.98 Å². The highest BCUT2D eigenvalue weighted by molar-refractivity contribution is 5.96. The van der Waals surface area contributed by atoms with Crippen LogP contribution in [0.1, 0.15) is 28.0 Å². The van der Waals surface area contributed by atoms with Crippen LogP contribution < -0.4 is 0 Å². The molecule has 0 bridgehead atoms. The van der Waals surface area contributed by atoms with Crippen LogP contribution in [0.25, 0.3) is 16.7 Å². The molecule has 0 radical (unpaired) electrons. The predicted octanol–water partition coefficient (Wildman–Crippen LogP) is 2.39. The van der Waals surface area contributed by atoms with Crippen LogP contribution in [0.3, 0.4) is 0 Å². The van der Waals surface area contributed by atoms with Crippen molar-refractivity contribution in [3.63, 3.8) is 0 Å². The Bertz CT molecular complexity index is 1120. The Morgan fingerprint density at radius 1 is 1.26 bits per heavy atom. The lowest BCUT2D eigenvalue weighted by Gasteiger charge is -2.32. The van der Waals surface area contributed by atoms with Crippen molar-refractivity contribution in [1.29, 1.82) is 0 Å². The number of aryl methyl sites for hydroxylation is 1. The Hall–Kier alpha value is -3.26. The Morgan fingerprint density at radius 2 is 2.15 bits per heavy atom. The molecule has 4 heterocycles. The van der Waals surface area contributed by atoms with Crippen LogP contribution in [-0.4, -0.2) is 50.1 Å².